The Bertz CT molecular complexity index is 842. The minimum Gasteiger partial charge on any atom is -0.392 e. The lowest BCUT2D eigenvalue weighted by Crippen LogP contribution is -2.50. The standard InChI is InChI=1S/C14H16ClN3O2S3/c15-11-2-1-10-7-14(22-12(10)8-11)23(19,20)18-5-3-17(4-6-18)9-13(16)21/h1-2,7-8H,3-6,9H2,(H2,16,21). The molecule has 1 saturated heterocycles. The van der Waals surface area contributed by atoms with Crippen molar-refractivity contribution in [1.82, 2.24) is 9.21 Å². The Morgan fingerprint density at radius 2 is 1.96 bits per heavy atom. The van der Waals surface area contributed by atoms with Gasteiger partial charge in [0.15, 0.2) is 0 Å². The van der Waals surface area contributed by atoms with Gasteiger partial charge in [0.25, 0.3) is 10.0 Å². The number of halogens is 1. The van der Waals surface area contributed by atoms with E-state index in [0.29, 0.717) is 46.9 Å². The molecule has 0 bridgehead atoms. The van der Waals surface area contributed by atoms with Gasteiger partial charge in [-0.15, -0.1) is 11.3 Å². The molecule has 2 N–H and O–H groups in total. The van der Waals surface area contributed by atoms with Gasteiger partial charge < -0.3 is 5.73 Å². The maximum absolute atomic E-state index is 12.8. The molecule has 0 atom stereocenters. The number of thiophene rings is 1. The highest BCUT2D eigenvalue weighted by Crippen LogP contribution is 2.32. The minimum absolute atomic E-state index is 0.359. The summed E-state index contributed by atoms with van der Waals surface area (Å²) in [7, 11) is -3.47. The summed E-state index contributed by atoms with van der Waals surface area (Å²) in [5, 5.41) is 1.50. The number of sulfonamides is 1. The summed E-state index contributed by atoms with van der Waals surface area (Å²) < 4.78 is 28.4. The van der Waals surface area contributed by atoms with E-state index in [4.69, 9.17) is 29.6 Å². The van der Waals surface area contributed by atoms with Crippen molar-refractivity contribution >= 4 is 60.3 Å². The molecule has 23 heavy (non-hydrogen) atoms. The number of hydrogen-bond donors (Lipinski definition) is 1. The number of piperazine rings is 1. The molecule has 2 heterocycles. The fourth-order valence-corrected chi connectivity index (χ4v) is 6.02. The summed E-state index contributed by atoms with van der Waals surface area (Å²) in [6, 6.07) is 7.11. The molecule has 1 aromatic heterocycles. The summed E-state index contributed by atoms with van der Waals surface area (Å²) in [4.78, 5) is 2.50. The lowest BCUT2D eigenvalue weighted by atomic mass is 10.3. The third-order valence-electron chi connectivity index (χ3n) is 3.76. The SMILES string of the molecule is NC(=S)CN1CCN(S(=O)(=O)c2cc3ccc(Cl)cc3s2)CC1. The first-order chi connectivity index (χ1) is 10.9. The molecule has 0 spiro atoms. The summed E-state index contributed by atoms with van der Waals surface area (Å²) in [5.41, 5.74) is 5.54. The van der Waals surface area contributed by atoms with Gasteiger partial charge in [-0.3, -0.25) is 4.90 Å². The van der Waals surface area contributed by atoms with Gasteiger partial charge in [-0.1, -0.05) is 29.9 Å². The van der Waals surface area contributed by atoms with E-state index in [-0.39, 0.29) is 0 Å². The molecule has 124 valence electrons. The van der Waals surface area contributed by atoms with Gasteiger partial charge >= 0.3 is 0 Å². The van der Waals surface area contributed by atoms with E-state index in [0.717, 1.165) is 10.1 Å². The van der Waals surface area contributed by atoms with Gasteiger partial charge in [0.2, 0.25) is 0 Å². The molecule has 0 unspecified atom stereocenters. The second kappa shape index (κ2) is 6.62. The third-order valence-corrected chi connectivity index (χ3v) is 7.57. The number of nitrogens with two attached hydrogens (primary N) is 1. The maximum Gasteiger partial charge on any atom is 0.252 e. The summed E-state index contributed by atoms with van der Waals surface area (Å²) in [6.45, 7) is 2.69. The lowest BCUT2D eigenvalue weighted by molar-refractivity contribution is 0.210. The van der Waals surface area contributed by atoms with Crippen LogP contribution in [-0.2, 0) is 10.0 Å². The molecule has 5 nitrogen and oxygen atoms in total. The molecule has 0 aliphatic carbocycles. The van der Waals surface area contributed by atoms with E-state index in [9.17, 15) is 8.42 Å². The van der Waals surface area contributed by atoms with Gasteiger partial charge in [0.05, 0.1) is 4.99 Å². The van der Waals surface area contributed by atoms with Crippen molar-refractivity contribution in [1.29, 1.82) is 0 Å². The zero-order valence-corrected chi connectivity index (χ0v) is 15.4. The van der Waals surface area contributed by atoms with Crippen LogP contribution in [0.4, 0.5) is 0 Å². The highest BCUT2D eigenvalue weighted by Gasteiger charge is 2.30. The number of rotatable bonds is 4. The minimum atomic E-state index is -3.47. The van der Waals surface area contributed by atoms with Crippen LogP contribution >= 0.6 is 35.2 Å². The Morgan fingerprint density at radius 1 is 1.26 bits per heavy atom. The number of hydrogen-bond acceptors (Lipinski definition) is 5. The monoisotopic (exact) mass is 389 g/mol. The summed E-state index contributed by atoms with van der Waals surface area (Å²) in [5.74, 6) is 0. The molecular formula is C14H16ClN3O2S3. The third kappa shape index (κ3) is 3.67. The van der Waals surface area contributed by atoms with Gasteiger partial charge in [0, 0.05) is 42.4 Å². The molecule has 3 rings (SSSR count). The zero-order chi connectivity index (χ0) is 16.6. The quantitative estimate of drug-likeness (QED) is 0.811. The van der Waals surface area contributed by atoms with Crippen molar-refractivity contribution in [2.75, 3.05) is 32.7 Å². The van der Waals surface area contributed by atoms with Crippen molar-refractivity contribution in [2.24, 2.45) is 5.73 Å². The molecule has 0 saturated carbocycles. The van der Waals surface area contributed by atoms with Crippen LogP contribution in [0, 0.1) is 0 Å². The second-order valence-electron chi connectivity index (χ2n) is 5.39. The van der Waals surface area contributed by atoms with Crippen LogP contribution in [0.15, 0.2) is 28.5 Å². The molecule has 1 fully saturated rings. The molecule has 1 aromatic carbocycles. The molecule has 0 amide bonds. The predicted octanol–water partition coefficient (Wildman–Crippen LogP) is 2.15. The second-order valence-corrected chi connectivity index (χ2v) is 9.60. The van der Waals surface area contributed by atoms with Crippen molar-refractivity contribution < 1.29 is 8.42 Å². The molecular weight excluding hydrogens is 374 g/mol. The van der Waals surface area contributed by atoms with Crippen LogP contribution in [0.1, 0.15) is 0 Å². The first-order valence-electron chi connectivity index (χ1n) is 7.06. The van der Waals surface area contributed by atoms with Gasteiger partial charge in [0.1, 0.15) is 4.21 Å². The smallest absolute Gasteiger partial charge is 0.252 e. The van der Waals surface area contributed by atoms with Crippen molar-refractivity contribution in [3.05, 3.63) is 29.3 Å². The Hall–Kier alpha value is -0.770. The number of nitrogens with zero attached hydrogens (tertiary/aromatic N) is 2. The first-order valence-corrected chi connectivity index (χ1v) is 10.1. The van der Waals surface area contributed by atoms with E-state index in [1.54, 1.807) is 18.2 Å². The van der Waals surface area contributed by atoms with E-state index in [1.807, 2.05) is 6.07 Å². The average Bonchev–Trinajstić information content (AvgIpc) is 2.91. The van der Waals surface area contributed by atoms with Crippen molar-refractivity contribution in [2.45, 2.75) is 4.21 Å². The highest BCUT2D eigenvalue weighted by molar-refractivity contribution is 7.91. The molecule has 0 radical (unpaired) electrons. The van der Waals surface area contributed by atoms with E-state index >= 15 is 0 Å². The first kappa shape index (κ1) is 17.1. The molecule has 9 heteroatoms. The lowest BCUT2D eigenvalue weighted by Gasteiger charge is -2.33. The fraction of sp³-hybridized carbons (Fsp3) is 0.357. The Labute approximate surface area is 149 Å². The Kier molecular flexibility index (Phi) is 4.91. The van der Waals surface area contributed by atoms with Crippen molar-refractivity contribution in [3.63, 3.8) is 0 Å². The van der Waals surface area contributed by atoms with Gasteiger partial charge in [-0.05, 0) is 23.6 Å². The highest BCUT2D eigenvalue weighted by atomic mass is 35.5. The van der Waals surface area contributed by atoms with E-state index < -0.39 is 10.0 Å². The Morgan fingerprint density at radius 3 is 2.61 bits per heavy atom. The van der Waals surface area contributed by atoms with Crippen LogP contribution in [0.25, 0.3) is 10.1 Å². The molecule has 1 aliphatic heterocycles. The number of fused-ring (bicyclic) bond motifs is 1. The zero-order valence-electron chi connectivity index (χ0n) is 12.2. The van der Waals surface area contributed by atoms with E-state index in [2.05, 4.69) is 4.90 Å². The fourth-order valence-electron chi connectivity index (χ4n) is 2.58. The normalized spacial score (nSPS) is 17.6. The van der Waals surface area contributed by atoms with Gasteiger partial charge in [-0.2, -0.15) is 4.31 Å². The van der Waals surface area contributed by atoms with Crippen molar-refractivity contribution in [3.8, 4) is 0 Å². The maximum atomic E-state index is 12.8. The van der Waals surface area contributed by atoms with Crippen LogP contribution in [0.2, 0.25) is 5.02 Å². The van der Waals surface area contributed by atoms with E-state index in [1.165, 1.54) is 15.6 Å². The van der Waals surface area contributed by atoms with Crippen LogP contribution in [0.5, 0.6) is 0 Å². The topological polar surface area (TPSA) is 66.6 Å². The summed E-state index contributed by atoms with van der Waals surface area (Å²) >= 11 is 12.1. The van der Waals surface area contributed by atoms with Gasteiger partial charge in [-0.25, -0.2) is 8.42 Å². The Balaban J connectivity index is 1.79. The summed E-state index contributed by atoms with van der Waals surface area (Å²) in [6.07, 6.45) is 0. The van der Waals surface area contributed by atoms with Crippen LogP contribution in [0.3, 0.4) is 0 Å². The number of thiocarbonyl (C=S) groups is 1. The van der Waals surface area contributed by atoms with Crippen LogP contribution < -0.4 is 5.73 Å². The van der Waals surface area contributed by atoms with Crippen LogP contribution in [-0.4, -0.2) is 55.3 Å². The predicted molar refractivity (Wildman–Crippen MR) is 98.8 cm³/mol. The largest absolute Gasteiger partial charge is 0.392 e. The number of benzene rings is 1. The molecule has 2 aromatic rings. The average molecular weight is 390 g/mol. The molecule has 1 aliphatic rings.